The van der Waals surface area contributed by atoms with E-state index in [0.717, 1.165) is 35.7 Å². The zero-order valence-electron chi connectivity index (χ0n) is 20.9. The van der Waals surface area contributed by atoms with Gasteiger partial charge < -0.3 is 9.08 Å². The molecule has 0 aliphatic carbocycles. The van der Waals surface area contributed by atoms with E-state index in [1.165, 1.54) is 12.1 Å². The molecule has 198 valence electrons. The first-order valence-electron chi connectivity index (χ1n) is 12.0. The van der Waals surface area contributed by atoms with Gasteiger partial charge in [-0.1, -0.05) is 62.4 Å². The highest BCUT2D eigenvalue weighted by atomic mass is 32.2. The number of amides is 1. The molecule has 0 heterocycles. The molecule has 0 bridgehead atoms. The van der Waals surface area contributed by atoms with Crippen molar-refractivity contribution in [1.82, 2.24) is 4.90 Å². The highest BCUT2D eigenvalue weighted by molar-refractivity contribution is 7.87. The van der Waals surface area contributed by atoms with Crippen LogP contribution in [-0.2, 0) is 27.6 Å². The van der Waals surface area contributed by atoms with E-state index in [-0.39, 0.29) is 23.6 Å². The predicted octanol–water partition coefficient (Wildman–Crippen LogP) is 6.79. The largest absolute Gasteiger partial charge is 0.416 e. The fraction of sp³-hybridized carbons (Fsp3) is 0.321. The first kappa shape index (κ1) is 28.2. The molecule has 0 N–H and O–H groups in total. The molecule has 3 aromatic carbocycles. The van der Waals surface area contributed by atoms with Gasteiger partial charge in [-0.2, -0.15) is 21.6 Å². The van der Waals surface area contributed by atoms with Crippen molar-refractivity contribution < 1.29 is 30.6 Å². The van der Waals surface area contributed by atoms with E-state index in [1.807, 2.05) is 56.0 Å². The highest BCUT2D eigenvalue weighted by Gasteiger charge is 2.32. The van der Waals surface area contributed by atoms with Crippen molar-refractivity contribution >= 4 is 16.0 Å². The summed E-state index contributed by atoms with van der Waals surface area (Å²) in [5, 5.41) is 0. The van der Waals surface area contributed by atoms with Gasteiger partial charge >= 0.3 is 16.3 Å². The molecule has 0 fully saturated rings. The third-order valence-corrected chi connectivity index (χ3v) is 7.49. The smallest absolute Gasteiger partial charge is 0.379 e. The number of halogens is 3. The SMILES string of the molecule is CCC(C(=O)N(Cc1ccc(OS(=O)(=O)c2cccc(C(F)(F)F)c2)cc1)C(C)CC)c1ccccc1. The lowest BCUT2D eigenvalue weighted by Crippen LogP contribution is -2.40. The Labute approximate surface area is 216 Å². The van der Waals surface area contributed by atoms with Crippen molar-refractivity contribution in [3.05, 3.63) is 95.6 Å². The molecule has 2 atom stereocenters. The maximum Gasteiger partial charge on any atom is 0.416 e. The summed E-state index contributed by atoms with van der Waals surface area (Å²) in [5.41, 5.74) is 0.635. The Bertz CT molecular complexity index is 1290. The highest BCUT2D eigenvalue weighted by Crippen LogP contribution is 2.31. The zero-order chi connectivity index (χ0) is 27.2. The summed E-state index contributed by atoms with van der Waals surface area (Å²) in [7, 11) is -4.47. The van der Waals surface area contributed by atoms with E-state index in [4.69, 9.17) is 4.18 Å². The van der Waals surface area contributed by atoms with E-state index in [0.29, 0.717) is 19.0 Å². The van der Waals surface area contributed by atoms with Gasteiger partial charge in [0.15, 0.2) is 0 Å². The first-order chi connectivity index (χ1) is 17.5. The second-order valence-electron chi connectivity index (χ2n) is 8.80. The van der Waals surface area contributed by atoms with E-state index in [2.05, 4.69) is 0 Å². The number of carbonyl (C=O) groups is 1. The van der Waals surface area contributed by atoms with Gasteiger partial charge in [-0.3, -0.25) is 4.79 Å². The predicted molar refractivity (Wildman–Crippen MR) is 135 cm³/mol. The molecular formula is C28H30F3NO4S. The van der Waals surface area contributed by atoms with Crippen LogP contribution in [0, 0.1) is 0 Å². The van der Waals surface area contributed by atoms with Crippen molar-refractivity contribution in [3.63, 3.8) is 0 Å². The second-order valence-corrected chi connectivity index (χ2v) is 10.3. The van der Waals surface area contributed by atoms with Crippen LogP contribution >= 0.6 is 0 Å². The summed E-state index contributed by atoms with van der Waals surface area (Å²) < 4.78 is 69.1. The normalized spacial score (nSPS) is 13.6. The van der Waals surface area contributed by atoms with Gasteiger partial charge in [0.1, 0.15) is 10.6 Å². The van der Waals surface area contributed by atoms with Crippen molar-refractivity contribution in [1.29, 1.82) is 0 Å². The molecule has 0 saturated carbocycles. The maximum atomic E-state index is 13.5. The molecular weight excluding hydrogens is 503 g/mol. The van der Waals surface area contributed by atoms with Crippen LogP contribution in [0.4, 0.5) is 13.2 Å². The van der Waals surface area contributed by atoms with E-state index in [9.17, 15) is 26.4 Å². The number of benzene rings is 3. The summed E-state index contributed by atoms with van der Waals surface area (Å²) in [6.45, 7) is 6.28. The lowest BCUT2D eigenvalue weighted by Gasteiger charge is -2.32. The topological polar surface area (TPSA) is 63.7 Å². The molecule has 5 nitrogen and oxygen atoms in total. The zero-order valence-corrected chi connectivity index (χ0v) is 21.7. The van der Waals surface area contributed by atoms with Crippen LogP contribution in [0.25, 0.3) is 0 Å². The van der Waals surface area contributed by atoms with Crippen molar-refractivity contribution in [2.24, 2.45) is 0 Å². The minimum atomic E-state index is -4.68. The van der Waals surface area contributed by atoms with Gasteiger partial charge in [-0.05, 0) is 61.2 Å². The Morgan fingerprint density at radius 1 is 0.919 bits per heavy atom. The Balaban J connectivity index is 1.78. The Morgan fingerprint density at radius 2 is 1.57 bits per heavy atom. The molecule has 0 aliphatic heterocycles. The third-order valence-electron chi connectivity index (χ3n) is 6.25. The summed E-state index contributed by atoms with van der Waals surface area (Å²) in [6, 6.07) is 19.1. The minimum absolute atomic E-state index is 0.00972. The molecule has 0 aromatic heterocycles. The summed E-state index contributed by atoms with van der Waals surface area (Å²) in [6.07, 6.45) is -3.27. The van der Waals surface area contributed by atoms with Gasteiger partial charge in [0.25, 0.3) is 0 Å². The van der Waals surface area contributed by atoms with Crippen LogP contribution in [-0.4, -0.2) is 25.3 Å². The van der Waals surface area contributed by atoms with Crippen LogP contribution in [0.5, 0.6) is 5.75 Å². The van der Waals surface area contributed by atoms with Crippen LogP contribution < -0.4 is 4.18 Å². The summed E-state index contributed by atoms with van der Waals surface area (Å²) >= 11 is 0. The molecule has 3 aromatic rings. The third kappa shape index (κ3) is 7.13. The van der Waals surface area contributed by atoms with Gasteiger partial charge in [-0.25, -0.2) is 0 Å². The molecule has 0 aliphatic rings. The van der Waals surface area contributed by atoms with Gasteiger partial charge in [0, 0.05) is 12.6 Å². The van der Waals surface area contributed by atoms with Crippen LogP contribution in [0.1, 0.15) is 56.2 Å². The van der Waals surface area contributed by atoms with E-state index in [1.54, 1.807) is 12.1 Å². The monoisotopic (exact) mass is 533 g/mol. The summed E-state index contributed by atoms with van der Waals surface area (Å²) in [5.74, 6) is -0.316. The fourth-order valence-corrected chi connectivity index (χ4v) is 4.94. The van der Waals surface area contributed by atoms with Crippen LogP contribution in [0.2, 0.25) is 0 Å². The number of hydrogen-bond donors (Lipinski definition) is 0. The van der Waals surface area contributed by atoms with Crippen LogP contribution in [0.3, 0.4) is 0 Å². The Kier molecular flexibility index (Phi) is 9.02. The molecule has 0 saturated heterocycles. The average molecular weight is 534 g/mol. The van der Waals surface area contributed by atoms with Gasteiger partial charge in [0.05, 0.1) is 11.5 Å². The summed E-state index contributed by atoms with van der Waals surface area (Å²) in [4.78, 5) is 14.8. The van der Waals surface area contributed by atoms with Crippen molar-refractivity contribution in [2.75, 3.05) is 0 Å². The Morgan fingerprint density at radius 3 is 2.14 bits per heavy atom. The fourth-order valence-electron chi connectivity index (χ4n) is 3.96. The minimum Gasteiger partial charge on any atom is -0.379 e. The molecule has 3 rings (SSSR count). The number of alkyl halides is 3. The molecule has 0 spiro atoms. The molecule has 2 unspecified atom stereocenters. The maximum absolute atomic E-state index is 13.5. The number of carbonyl (C=O) groups excluding carboxylic acids is 1. The van der Waals surface area contributed by atoms with Gasteiger partial charge in [0.2, 0.25) is 5.91 Å². The molecule has 1 amide bonds. The lowest BCUT2D eigenvalue weighted by atomic mass is 9.94. The van der Waals surface area contributed by atoms with E-state index < -0.39 is 26.8 Å². The van der Waals surface area contributed by atoms with Crippen molar-refractivity contribution in [2.45, 2.75) is 63.2 Å². The molecule has 37 heavy (non-hydrogen) atoms. The number of hydrogen-bond acceptors (Lipinski definition) is 4. The van der Waals surface area contributed by atoms with Crippen LogP contribution in [0.15, 0.2) is 83.8 Å². The quantitative estimate of drug-likeness (QED) is 0.269. The number of nitrogens with zero attached hydrogens (tertiary/aromatic N) is 1. The standard InChI is InChI=1S/C28H30F3NO4S/c1-4-20(3)32(27(33)26(5-2)22-10-7-6-8-11-22)19-21-14-16-24(17-15-21)36-37(34,35)25-13-9-12-23(18-25)28(29,30)31/h6-18,20,26H,4-5,19H2,1-3H3. The van der Waals surface area contributed by atoms with Crippen molar-refractivity contribution in [3.8, 4) is 5.75 Å². The molecule has 9 heteroatoms. The second kappa shape index (κ2) is 11.8. The first-order valence-corrected chi connectivity index (χ1v) is 13.4. The van der Waals surface area contributed by atoms with Gasteiger partial charge in [-0.15, -0.1) is 0 Å². The molecule has 0 radical (unpaired) electrons. The lowest BCUT2D eigenvalue weighted by molar-refractivity contribution is -0.138. The number of rotatable bonds is 10. The van der Waals surface area contributed by atoms with E-state index >= 15 is 0 Å². The average Bonchev–Trinajstić information content (AvgIpc) is 2.88. The Hall–Kier alpha value is -3.33.